The zero-order valence-electron chi connectivity index (χ0n) is 9.07. The van der Waals surface area contributed by atoms with Gasteiger partial charge in [0, 0.05) is 38.3 Å². The van der Waals surface area contributed by atoms with E-state index in [0.717, 1.165) is 24.5 Å². The highest BCUT2D eigenvalue weighted by molar-refractivity contribution is 7.99. The predicted molar refractivity (Wildman–Crippen MR) is 64.0 cm³/mol. The van der Waals surface area contributed by atoms with E-state index in [9.17, 15) is 5.11 Å². The average Bonchev–Trinajstić information content (AvgIpc) is 2.76. The second-order valence-corrected chi connectivity index (χ2v) is 5.42. The van der Waals surface area contributed by atoms with Crippen molar-refractivity contribution in [2.75, 3.05) is 18.1 Å². The molecule has 1 saturated heterocycles. The summed E-state index contributed by atoms with van der Waals surface area (Å²) in [5, 5.41) is 13.4. The standard InChI is InChI=1S/C11H18N2OS/c1-13-4-2-10(7-13)6-12-8-11(14)3-5-15-9-11/h2,4,7,12,14H,3,5-6,8-9H2,1H3. The third-order valence-corrected chi connectivity index (χ3v) is 3.99. The van der Waals surface area contributed by atoms with Gasteiger partial charge in [-0.3, -0.25) is 0 Å². The molecule has 0 radical (unpaired) electrons. The monoisotopic (exact) mass is 226 g/mol. The Hall–Kier alpha value is -0.450. The van der Waals surface area contributed by atoms with E-state index >= 15 is 0 Å². The van der Waals surface area contributed by atoms with Crippen LogP contribution in [0.2, 0.25) is 0 Å². The van der Waals surface area contributed by atoms with Crippen LogP contribution in [-0.2, 0) is 13.6 Å². The Morgan fingerprint density at radius 2 is 2.53 bits per heavy atom. The number of rotatable bonds is 4. The van der Waals surface area contributed by atoms with Crippen molar-refractivity contribution in [3.05, 3.63) is 24.0 Å². The molecule has 0 amide bonds. The molecule has 1 atom stereocenters. The van der Waals surface area contributed by atoms with Crippen molar-refractivity contribution in [1.29, 1.82) is 0 Å². The Kier molecular flexibility index (Phi) is 3.38. The van der Waals surface area contributed by atoms with E-state index in [4.69, 9.17) is 0 Å². The fraction of sp³-hybridized carbons (Fsp3) is 0.636. The SMILES string of the molecule is Cn1ccc(CNCC2(O)CCSC2)c1. The zero-order valence-corrected chi connectivity index (χ0v) is 9.89. The maximum atomic E-state index is 10.1. The predicted octanol–water partition coefficient (Wildman–Crippen LogP) is 0.983. The minimum atomic E-state index is -0.473. The number of nitrogens with zero attached hydrogens (tertiary/aromatic N) is 1. The van der Waals surface area contributed by atoms with Gasteiger partial charge in [-0.2, -0.15) is 11.8 Å². The van der Waals surface area contributed by atoms with Crippen LogP contribution in [0.1, 0.15) is 12.0 Å². The minimum Gasteiger partial charge on any atom is -0.388 e. The van der Waals surface area contributed by atoms with Crippen LogP contribution in [0.15, 0.2) is 18.5 Å². The minimum absolute atomic E-state index is 0.473. The molecule has 84 valence electrons. The second kappa shape index (κ2) is 4.60. The van der Waals surface area contributed by atoms with Gasteiger partial charge in [-0.1, -0.05) is 0 Å². The molecule has 2 N–H and O–H groups in total. The van der Waals surface area contributed by atoms with E-state index < -0.39 is 5.60 Å². The lowest BCUT2D eigenvalue weighted by molar-refractivity contribution is 0.0675. The van der Waals surface area contributed by atoms with E-state index in [0.29, 0.717) is 6.54 Å². The summed E-state index contributed by atoms with van der Waals surface area (Å²) in [7, 11) is 2.02. The van der Waals surface area contributed by atoms with Crippen molar-refractivity contribution in [3.63, 3.8) is 0 Å². The van der Waals surface area contributed by atoms with Crippen molar-refractivity contribution in [2.45, 2.75) is 18.6 Å². The number of nitrogens with one attached hydrogen (secondary N) is 1. The zero-order chi connectivity index (χ0) is 10.7. The van der Waals surface area contributed by atoms with Gasteiger partial charge in [-0.05, 0) is 23.8 Å². The first-order valence-corrected chi connectivity index (χ1v) is 6.45. The average molecular weight is 226 g/mol. The molecule has 1 aliphatic heterocycles. The quantitative estimate of drug-likeness (QED) is 0.804. The van der Waals surface area contributed by atoms with Gasteiger partial charge in [0.1, 0.15) is 0 Å². The van der Waals surface area contributed by atoms with Crippen LogP contribution < -0.4 is 5.32 Å². The molecule has 0 spiro atoms. The van der Waals surface area contributed by atoms with Crippen LogP contribution >= 0.6 is 11.8 Å². The van der Waals surface area contributed by atoms with Gasteiger partial charge in [-0.15, -0.1) is 0 Å². The Labute approximate surface area is 94.9 Å². The lowest BCUT2D eigenvalue weighted by atomic mass is 10.0. The van der Waals surface area contributed by atoms with Gasteiger partial charge in [0.25, 0.3) is 0 Å². The topological polar surface area (TPSA) is 37.2 Å². The molecule has 4 heteroatoms. The molecular formula is C11H18N2OS. The second-order valence-electron chi connectivity index (χ2n) is 4.32. The summed E-state index contributed by atoms with van der Waals surface area (Å²) < 4.78 is 2.04. The van der Waals surface area contributed by atoms with Crippen LogP contribution in [0.25, 0.3) is 0 Å². The molecule has 15 heavy (non-hydrogen) atoms. The summed E-state index contributed by atoms with van der Waals surface area (Å²) in [6.07, 6.45) is 5.05. The Morgan fingerprint density at radius 1 is 1.67 bits per heavy atom. The molecule has 1 unspecified atom stereocenters. The van der Waals surface area contributed by atoms with Gasteiger partial charge >= 0.3 is 0 Å². The molecule has 0 bridgehead atoms. The fourth-order valence-electron chi connectivity index (χ4n) is 1.84. The number of thioether (sulfide) groups is 1. The van der Waals surface area contributed by atoms with Crippen molar-refractivity contribution in [3.8, 4) is 0 Å². The lowest BCUT2D eigenvalue weighted by Crippen LogP contribution is -2.40. The maximum absolute atomic E-state index is 10.1. The third-order valence-electron chi connectivity index (χ3n) is 2.76. The summed E-state index contributed by atoms with van der Waals surface area (Å²) in [5.74, 6) is 1.96. The Bertz CT molecular complexity index is 318. The molecule has 3 nitrogen and oxygen atoms in total. The molecule has 1 aromatic rings. The summed E-state index contributed by atoms with van der Waals surface area (Å²) in [4.78, 5) is 0. The molecule has 2 heterocycles. The highest BCUT2D eigenvalue weighted by Crippen LogP contribution is 2.26. The van der Waals surface area contributed by atoms with Crippen molar-refractivity contribution in [2.24, 2.45) is 7.05 Å². The van der Waals surface area contributed by atoms with E-state index in [1.54, 1.807) is 0 Å². The normalized spacial score (nSPS) is 26.0. The van der Waals surface area contributed by atoms with Crippen LogP contribution in [0.3, 0.4) is 0 Å². The number of hydrogen-bond acceptors (Lipinski definition) is 3. The van der Waals surface area contributed by atoms with Gasteiger partial charge in [0.15, 0.2) is 0 Å². The van der Waals surface area contributed by atoms with Crippen LogP contribution in [0.4, 0.5) is 0 Å². The summed E-state index contributed by atoms with van der Waals surface area (Å²) in [6.45, 7) is 1.54. The molecule has 1 aromatic heterocycles. The van der Waals surface area contributed by atoms with Crippen LogP contribution in [-0.4, -0.2) is 33.3 Å². The van der Waals surface area contributed by atoms with E-state index in [1.807, 2.05) is 29.6 Å². The highest BCUT2D eigenvalue weighted by Gasteiger charge is 2.30. The van der Waals surface area contributed by atoms with Gasteiger partial charge in [-0.25, -0.2) is 0 Å². The lowest BCUT2D eigenvalue weighted by Gasteiger charge is -2.21. The van der Waals surface area contributed by atoms with Gasteiger partial charge < -0.3 is 15.0 Å². The van der Waals surface area contributed by atoms with Crippen LogP contribution in [0, 0.1) is 0 Å². The largest absolute Gasteiger partial charge is 0.388 e. The Morgan fingerprint density at radius 3 is 3.13 bits per heavy atom. The first kappa shape index (κ1) is 11.0. The van der Waals surface area contributed by atoms with Crippen molar-refractivity contribution in [1.82, 2.24) is 9.88 Å². The highest BCUT2D eigenvalue weighted by atomic mass is 32.2. The number of aliphatic hydroxyl groups is 1. The summed E-state index contributed by atoms with van der Waals surface area (Å²) >= 11 is 1.84. The first-order chi connectivity index (χ1) is 7.18. The third kappa shape index (κ3) is 3.00. The molecule has 2 rings (SSSR count). The fourth-order valence-corrected chi connectivity index (χ4v) is 3.14. The number of aromatic nitrogens is 1. The van der Waals surface area contributed by atoms with Crippen molar-refractivity contribution >= 4 is 11.8 Å². The van der Waals surface area contributed by atoms with E-state index in [2.05, 4.69) is 17.6 Å². The first-order valence-electron chi connectivity index (χ1n) is 5.30. The van der Waals surface area contributed by atoms with E-state index in [1.165, 1.54) is 5.56 Å². The molecular weight excluding hydrogens is 208 g/mol. The summed E-state index contributed by atoms with van der Waals surface area (Å²) in [5.41, 5.74) is 0.797. The molecule has 1 aliphatic rings. The smallest absolute Gasteiger partial charge is 0.0869 e. The summed E-state index contributed by atoms with van der Waals surface area (Å²) in [6, 6.07) is 2.10. The van der Waals surface area contributed by atoms with Crippen molar-refractivity contribution < 1.29 is 5.11 Å². The van der Waals surface area contributed by atoms with Gasteiger partial charge in [0.05, 0.1) is 5.60 Å². The molecule has 0 aromatic carbocycles. The number of hydrogen-bond donors (Lipinski definition) is 2. The molecule has 0 saturated carbocycles. The van der Waals surface area contributed by atoms with Crippen LogP contribution in [0.5, 0.6) is 0 Å². The maximum Gasteiger partial charge on any atom is 0.0869 e. The number of aryl methyl sites for hydroxylation is 1. The van der Waals surface area contributed by atoms with Gasteiger partial charge in [0.2, 0.25) is 0 Å². The Balaban J connectivity index is 1.75. The molecule has 1 fully saturated rings. The molecule has 0 aliphatic carbocycles. The van der Waals surface area contributed by atoms with E-state index in [-0.39, 0.29) is 0 Å².